The fourth-order valence-corrected chi connectivity index (χ4v) is 1.57. The van der Waals surface area contributed by atoms with Crippen molar-refractivity contribution in [3.63, 3.8) is 0 Å². The van der Waals surface area contributed by atoms with E-state index in [1.54, 1.807) is 12.1 Å². The van der Waals surface area contributed by atoms with Crippen LogP contribution < -0.4 is 14.8 Å². The van der Waals surface area contributed by atoms with E-state index in [1.165, 1.54) is 21.1 Å². The highest BCUT2D eigenvalue weighted by molar-refractivity contribution is 5.81. The molecule has 5 heteroatoms. The second kappa shape index (κ2) is 7.85. The van der Waals surface area contributed by atoms with Gasteiger partial charge in [-0.1, -0.05) is 11.8 Å². The number of rotatable bonds is 5. The summed E-state index contributed by atoms with van der Waals surface area (Å²) in [5.41, 5.74) is 1.05. The van der Waals surface area contributed by atoms with E-state index in [0.29, 0.717) is 41.9 Å². The molecule has 1 rings (SSSR count). The quantitative estimate of drug-likeness (QED) is 0.501. The average Bonchev–Trinajstić information content (AvgIpc) is 2.45. The molecule has 0 heterocycles. The molecule has 1 N–H and O–H groups in total. The molecule has 0 saturated heterocycles. The smallest absolute Gasteiger partial charge is 0.216 e. The topological polar surface area (TPSA) is 64.6 Å². The fourth-order valence-electron chi connectivity index (χ4n) is 1.57. The number of amides is 1. The Hall–Kier alpha value is -2.48. The van der Waals surface area contributed by atoms with Crippen molar-refractivity contribution in [1.82, 2.24) is 5.32 Å². The second-order valence-corrected chi connectivity index (χ2v) is 3.95. The molecule has 0 aliphatic rings. The van der Waals surface area contributed by atoms with E-state index in [4.69, 9.17) is 9.47 Å². The molecular formula is C15H17NO4. The van der Waals surface area contributed by atoms with Crippen molar-refractivity contribution in [2.24, 2.45) is 0 Å². The first-order chi connectivity index (χ1) is 9.62. The third-order valence-electron chi connectivity index (χ3n) is 2.53. The van der Waals surface area contributed by atoms with Gasteiger partial charge in [0.1, 0.15) is 11.5 Å². The van der Waals surface area contributed by atoms with Crippen LogP contribution >= 0.6 is 0 Å². The standard InChI is InChI=1S/C15H17NO4/c1-11(18)16-7-5-4-6-12-8-15(20-3)13(10-17)9-14(12)19-2/h8-10H,5,7H2,1-3H3,(H,16,18). The molecule has 0 saturated carbocycles. The fraction of sp³-hybridized carbons (Fsp3) is 0.333. The zero-order valence-corrected chi connectivity index (χ0v) is 11.8. The van der Waals surface area contributed by atoms with Crippen molar-refractivity contribution in [1.29, 1.82) is 0 Å². The van der Waals surface area contributed by atoms with Gasteiger partial charge in [0.05, 0.1) is 25.3 Å². The summed E-state index contributed by atoms with van der Waals surface area (Å²) in [6.45, 7) is 1.95. The van der Waals surface area contributed by atoms with Crippen LogP contribution in [0, 0.1) is 11.8 Å². The summed E-state index contributed by atoms with van der Waals surface area (Å²) >= 11 is 0. The second-order valence-electron chi connectivity index (χ2n) is 3.95. The highest BCUT2D eigenvalue weighted by Crippen LogP contribution is 2.27. The zero-order chi connectivity index (χ0) is 15.0. The summed E-state index contributed by atoms with van der Waals surface area (Å²) in [5.74, 6) is 6.76. The van der Waals surface area contributed by atoms with Crippen LogP contribution in [0.5, 0.6) is 11.5 Å². The molecule has 0 fully saturated rings. The van der Waals surface area contributed by atoms with Crippen molar-refractivity contribution in [2.45, 2.75) is 13.3 Å². The van der Waals surface area contributed by atoms with Crippen LogP contribution in [0.15, 0.2) is 12.1 Å². The number of ether oxygens (including phenoxy) is 2. The number of nitrogens with one attached hydrogen (secondary N) is 1. The maximum Gasteiger partial charge on any atom is 0.216 e. The third-order valence-corrected chi connectivity index (χ3v) is 2.53. The van der Waals surface area contributed by atoms with Gasteiger partial charge in [-0.2, -0.15) is 0 Å². The van der Waals surface area contributed by atoms with Crippen molar-refractivity contribution >= 4 is 12.2 Å². The largest absolute Gasteiger partial charge is 0.496 e. The molecule has 5 nitrogen and oxygen atoms in total. The number of methoxy groups -OCH3 is 2. The average molecular weight is 275 g/mol. The lowest BCUT2D eigenvalue weighted by Gasteiger charge is -2.08. The Kier molecular flexibility index (Phi) is 6.11. The Labute approximate surface area is 118 Å². The summed E-state index contributed by atoms with van der Waals surface area (Å²) in [5, 5.41) is 2.66. The highest BCUT2D eigenvalue weighted by Gasteiger charge is 2.09. The summed E-state index contributed by atoms with van der Waals surface area (Å²) in [6.07, 6.45) is 1.23. The predicted molar refractivity (Wildman–Crippen MR) is 75.1 cm³/mol. The van der Waals surface area contributed by atoms with Crippen LogP contribution in [0.2, 0.25) is 0 Å². The molecule has 0 aromatic heterocycles. The number of carbonyl (C=O) groups excluding carboxylic acids is 2. The molecule has 1 aromatic rings. The predicted octanol–water partition coefficient (Wildman–Crippen LogP) is 1.39. The van der Waals surface area contributed by atoms with Gasteiger partial charge >= 0.3 is 0 Å². The molecule has 106 valence electrons. The van der Waals surface area contributed by atoms with E-state index in [1.807, 2.05) is 0 Å². The number of hydrogen-bond acceptors (Lipinski definition) is 4. The SMILES string of the molecule is COc1cc(C=O)c(OC)cc1C#CCCNC(C)=O. The van der Waals surface area contributed by atoms with Gasteiger partial charge in [0, 0.05) is 26.0 Å². The third kappa shape index (κ3) is 4.32. The molecule has 0 radical (unpaired) electrons. The molecule has 0 bridgehead atoms. The van der Waals surface area contributed by atoms with E-state index in [2.05, 4.69) is 17.2 Å². The van der Waals surface area contributed by atoms with Crippen LogP contribution in [0.25, 0.3) is 0 Å². The number of benzene rings is 1. The molecule has 0 spiro atoms. The minimum absolute atomic E-state index is 0.0821. The van der Waals surface area contributed by atoms with Crippen molar-refractivity contribution in [3.05, 3.63) is 23.3 Å². The zero-order valence-electron chi connectivity index (χ0n) is 11.8. The molecule has 0 aliphatic carbocycles. The Bertz CT molecular complexity index is 555. The highest BCUT2D eigenvalue weighted by atomic mass is 16.5. The summed E-state index contributed by atoms with van der Waals surface area (Å²) in [6, 6.07) is 3.25. The Morgan fingerprint density at radius 2 is 2.00 bits per heavy atom. The normalized spacial score (nSPS) is 9.15. The van der Waals surface area contributed by atoms with E-state index >= 15 is 0 Å². The van der Waals surface area contributed by atoms with E-state index < -0.39 is 0 Å². The molecule has 0 aliphatic heterocycles. The monoisotopic (exact) mass is 275 g/mol. The van der Waals surface area contributed by atoms with Gasteiger partial charge in [-0.15, -0.1) is 0 Å². The molecule has 20 heavy (non-hydrogen) atoms. The van der Waals surface area contributed by atoms with Crippen molar-refractivity contribution in [3.8, 4) is 23.3 Å². The lowest BCUT2D eigenvalue weighted by Crippen LogP contribution is -2.20. The van der Waals surface area contributed by atoms with Crippen LogP contribution in [-0.4, -0.2) is 33.0 Å². The summed E-state index contributed by atoms with van der Waals surface area (Å²) in [4.78, 5) is 21.6. The van der Waals surface area contributed by atoms with Gasteiger partial charge in [-0.25, -0.2) is 0 Å². The number of hydrogen-bond donors (Lipinski definition) is 1. The van der Waals surface area contributed by atoms with E-state index in [9.17, 15) is 9.59 Å². The first-order valence-electron chi connectivity index (χ1n) is 6.07. The van der Waals surface area contributed by atoms with Crippen molar-refractivity contribution in [2.75, 3.05) is 20.8 Å². The van der Waals surface area contributed by atoms with Crippen LogP contribution in [0.1, 0.15) is 29.3 Å². The van der Waals surface area contributed by atoms with Crippen LogP contribution in [-0.2, 0) is 4.79 Å². The van der Waals surface area contributed by atoms with Crippen LogP contribution in [0.3, 0.4) is 0 Å². The van der Waals surface area contributed by atoms with E-state index in [-0.39, 0.29) is 5.91 Å². The number of carbonyl (C=O) groups is 2. The maximum atomic E-state index is 10.9. The molecular weight excluding hydrogens is 258 g/mol. The molecule has 0 unspecified atom stereocenters. The first-order valence-corrected chi connectivity index (χ1v) is 6.07. The number of aldehydes is 1. The van der Waals surface area contributed by atoms with Gasteiger partial charge in [0.15, 0.2) is 6.29 Å². The molecule has 1 aromatic carbocycles. The molecule has 1 amide bonds. The minimum Gasteiger partial charge on any atom is -0.496 e. The van der Waals surface area contributed by atoms with Gasteiger partial charge in [-0.05, 0) is 6.07 Å². The summed E-state index contributed by atoms with van der Waals surface area (Å²) in [7, 11) is 3.00. The van der Waals surface area contributed by atoms with Crippen LogP contribution in [0.4, 0.5) is 0 Å². The van der Waals surface area contributed by atoms with Crippen molar-refractivity contribution < 1.29 is 19.1 Å². The lowest BCUT2D eigenvalue weighted by atomic mass is 10.1. The van der Waals surface area contributed by atoms with Gasteiger partial charge in [0.25, 0.3) is 0 Å². The molecule has 0 atom stereocenters. The lowest BCUT2D eigenvalue weighted by molar-refractivity contribution is -0.118. The Morgan fingerprint density at radius 3 is 2.55 bits per heavy atom. The minimum atomic E-state index is -0.0821. The van der Waals surface area contributed by atoms with Gasteiger partial charge < -0.3 is 14.8 Å². The Balaban J connectivity index is 2.91. The van der Waals surface area contributed by atoms with Gasteiger partial charge in [0.2, 0.25) is 5.91 Å². The summed E-state index contributed by atoms with van der Waals surface area (Å²) < 4.78 is 10.3. The maximum absolute atomic E-state index is 10.9. The van der Waals surface area contributed by atoms with Gasteiger partial charge in [-0.3, -0.25) is 9.59 Å². The van der Waals surface area contributed by atoms with E-state index in [0.717, 1.165) is 0 Å². The first kappa shape index (κ1) is 15.6. The Morgan fingerprint density at radius 1 is 1.30 bits per heavy atom.